The van der Waals surface area contributed by atoms with Crippen LogP contribution in [-0.4, -0.2) is 29.7 Å². The van der Waals surface area contributed by atoms with E-state index >= 15 is 0 Å². The highest BCUT2D eigenvalue weighted by atomic mass is 16.8. The fourth-order valence-electron chi connectivity index (χ4n) is 1.11. The topological polar surface area (TPSA) is 38.7 Å². The molecule has 0 aromatic carbocycles. The highest BCUT2D eigenvalue weighted by Gasteiger charge is 2.39. The van der Waals surface area contributed by atoms with E-state index in [0.717, 1.165) is 0 Å². The average molecular weight is 156 g/mol. The second kappa shape index (κ2) is 2.82. The van der Waals surface area contributed by atoms with Gasteiger partial charge in [0.1, 0.15) is 12.2 Å². The van der Waals surface area contributed by atoms with Crippen molar-refractivity contribution in [3.05, 3.63) is 0 Å². The molecule has 0 bridgehead atoms. The minimum atomic E-state index is -0.662. The van der Waals surface area contributed by atoms with Crippen LogP contribution in [0.4, 0.5) is 0 Å². The zero-order valence-corrected chi connectivity index (χ0v) is 6.70. The van der Waals surface area contributed by atoms with Gasteiger partial charge in [0, 0.05) is 0 Å². The molecule has 0 amide bonds. The van der Waals surface area contributed by atoms with Crippen LogP contribution in [0.1, 0.15) is 13.8 Å². The molecule has 2 atom stereocenters. The molecule has 0 spiro atoms. The standard InChI is InChI=1S/C8H12O3/c1-4-6-7(5-9)11-8(2,3)10-6/h1,6-7,9H,5H2,2-3H3/t6-,7+/m1/s1. The van der Waals surface area contributed by atoms with Crippen molar-refractivity contribution in [1.82, 2.24) is 0 Å². The van der Waals surface area contributed by atoms with Gasteiger partial charge in [-0.1, -0.05) is 5.92 Å². The van der Waals surface area contributed by atoms with Crippen molar-refractivity contribution < 1.29 is 14.6 Å². The highest BCUT2D eigenvalue weighted by molar-refractivity contribution is 5.02. The van der Waals surface area contributed by atoms with Crippen LogP contribution in [0.2, 0.25) is 0 Å². The highest BCUT2D eigenvalue weighted by Crippen LogP contribution is 2.27. The Kier molecular flexibility index (Phi) is 2.19. The van der Waals surface area contributed by atoms with Crippen LogP contribution in [0.3, 0.4) is 0 Å². The molecule has 1 rings (SSSR count). The third kappa shape index (κ3) is 1.72. The maximum Gasteiger partial charge on any atom is 0.165 e. The van der Waals surface area contributed by atoms with Crippen molar-refractivity contribution in [2.75, 3.05) is 6.61 Å². The largest absolute Gasteiger partial charge is 0.394 e. The lowest BCUT2D eigenvalue weighted by molar-refractivity contribution is -0.145. The molecule has 0 aromatic rings. The van der Waals surface area contributed by atoms with Gasteiger partial charge in [-0.3, -0.25) is 0 Å². The molecule has 1 fully saturated rings. The summed E-state index contributed by atoms with van der Waals surface area (Å²) in [5.41, 5.74) is 0. The lowest BCUT2D eigenvalue weighted by Crippen LogP contribution is -2.24. The Morgan fingerprint density at radius 1 is 1.55 bits per heavy atom. The van der Waals surface area contributed by atoms with Gasteiger partial charge in [-0.05, 0) is 13.8 Å². The maximum atomic E-state index is 8.80. The fourth-order valence-corrected chi connectivity index (χ4v) is 1.11. The number of terminal acetylenes is 1. The number of hydrogen-bond donors (Lipinski definition) is 1. The molecule has 11 heavy (non-hydrogen) atoms. The third-order valence-corrected chi connectivity index (χ3v) is 1.53. The minimum absolute atomic E-state index is 0.0989. The number of rotatable bonds is 1. The third-order valence-electron chi connectivity index (χ3n) is 1.53. The van der Waals surface area contributed by atoms with Crippen LogP contribution in [-0.2, 0) is 9.47 Å². The molecule has 1 aliphatic rings. The molecule has 0 aromatic heterocycles. The summed E-state index contributed by atoms with van der Waals surface area (Å²) in [5, 5.41) is 8.80. The Balaban J connectivity index is 2.64. The van der Waals surface area contributed by atoms with Gasteiger partial charge in [-0.2, -0.15) is 0 Å². The van der Waals surface area contributed by atoms with E-state index in [4.69, 9.17) is 21.0 Å². The molecule has 3 heteroatoms. The molecule has 1 saturated heterocycles. The molecular formula is C8H12O3. The zero-order chi connectivity index (χ0) is 8.48. The molecule has 62 valence electrons. The van der Waals surface area contributed by atoms with Gasteiger partial charge in [0.25, 0.3) is 0 Å². The fraction of sp³-hybridized carbons (Fsp3) is 0.750. The summed E-state index contributed by atoms with van der Waals surface area (Å²) >= 11 is 0. The summed E-state index contributed by atoms with van der Waals surface area (Å²) in [5.74, 6) is 1.75. The monoisotopic (exact) mass is 156 g/mol. The van der Waals surface area contributed by atoms with Crippen LogP contribution < -0.4 is 0 Å². The van der Waals surface area contributed by atoms with Gasteiger partial charge in [0.2, 0.25) is 0 Å². The van der Waals surface area contributed by atoms with E-state index in [1.165, 1.54) is 0 Å². The van der Waals surface area contributed by atoms with Gasteiger partial charge >= 0.3 is 0 Å². The lowest BCUT2D eigenvalue weighted by atomic mass is 10.2. The van der Waals surface area contributed by atoms with Gasteiger partial charge < -0.3 is 14.6 Å². The second-order valence-corrected chi connectivity index (χ2v) is 2.94. The predicted molar refractivity (Wildman–Crippen MR) is 39.7 cm³/mol. The molecule has 0 aliphatic carbocycles. The molecule has 0 saturated carbocycles. The molecule has 0 unspecified atom stereocenters. The van der Waals surface area contributed by atoms with E-state index in [0.29, 0.717) is 0 Å². The summed E-state index contributed by atoms with van der Waals surface area (Å²) in [6, 6.07) is 0. The van der Waals surface area contributed by atoms with Crippen LogP contribution in [0.5, 0.6) is 0 Å². The maximum absolute atomic E-state index is 8.80. The Morgan fingerprint density at radius 3 is 2.55 bits per heavy atom. The van der Waals surface area contributed by atoms with E-state index in [1.54, 1.807) is 13.8 Å². The quantitative estimate of drug-likeness (QED) is 0.548. The summed E-state index contributed by atoms with van der Waals surface area (Å²) in [6.45, 7) is 3.44. The zero-order valence-electron chi connectivity index (χ0n) is 6.70. The first kappa shape index (κ1) is 8.54. The van der Waals surface area contributed by atoms with E-state index in [1.807, 2.05) is 0 Å². The Labute approximate surface area is 66.3 Å². The van der Waals surface area contributed by atoms with Crippen molar-refractivity contribution in [3.63, 3.8) is 0 Å². The first-order chi connectivity index (χ1) is 5.09. The summed E-state index contributed by atoms with van der Waals surface area (Å²) in [4.78, 5) is 0. The molecule has 1 aliphatic heterocycles. The van der Waals surface area contributed by atoms with Crippen LogP contribution in [0, 0.1) is 12.3 Å². The Bertz CT molecular complexity index is 180. The summed E-state index contributed by atoms with van der Waals surface area (Å²) in [7, 11) is 0. The molecule has 1 N–H and O–H groups in total. The van der Waals surface area contributed by atoms with E-state index < -0.39 is 11.9 Å². The van der Waals surface area contributed by atoms with Crippen molar-refractivity contribution in [1.29, 1.82) is 0 Å². The smallest absolute Gasteiger partial charge is 0.165 e. The molecule has 3 nitrogen and oxygen atoms in total. The van der Waals surface area contributed by atoms with Crippen LogP contribution in [0.25, 0.3) is 0 Å². The normalized spacial score (nSPS) is 35.1. The average Bonchev–Trinajstić information content (AvgIpc) is 2.25. The van der Waals surface area contributed by atoms with Crippen molar-refractivity contribution in [2.45, 2.75) is 31.8 Å². The number of hydrogen-bond acceptors (Lipinski definition) is 3. The van der Waals surface area contributed by atoms with Gasteiger partial charge in [0.05, 0.1) is 6.61 Å². The SMILES string of the molecule is C#C[C@H]1OC(C)(C)O[C@H]1CO. The summed E-state index contributed by atoms with van der Waals surface area (Å²) < 4.78 is 10.6. The van der Waals surface area contributed by atoms with Gasteiger partial charge in [-0.15, -0.1) is 6.42 Å². The van der Waals surface area contributed by atoms with Gasteiger partial charge in [-0.25, -0.2) is 0 Å². The molecular weight excluding hydrogens is 144 g/mol. The van der Waals surface area contributed by atoms with Crippen molar-refractivity contribution in [3.8, 4) is 12.3 Å². The minimum Gasteiger partial charge on any atom is -0.394 e. The van der Waals surface area contributed by atoms with Gasteiger partial charge in [0.15, 0.2) is 5.79 Å². The van der Waals surface area contributed by atoms with E-state index in [2.05, 4.69) is 5.92 Å². The number of aliphatic hydroxyl groups excluding tert-OH is 1. The van der Waals surface area contributed by atoms with Crippen LogP contribution in [0.15, 0.2) is 0 Å². The Hall–Kier alpha value is -0.560. The predicted octanol–water partition coefficient (Wildman–Crippen LogP) is 0.132. The number of aliphatic hydroxyl groups is 1. The van der Waals surface area contributed by atoms with E-state index in [-0.39, 0.29) is 12.7 Å². The first-order valence-corrected chi connectivity index (χ1v) is 3.51. The first-order valence-electron chi connectivity index (χ1n) is 3.51. The Morgan fingerprint density at radius 2 is 2.18 bits per heavy atom. The second-order valence-electron chi connectivity index (χ2n) is 2.94. The number of ether oxygens (including phenoxy) is 2. The summed E-state index contributed by atoms with van der Waals surface area (Å²) in [6.07, 6.45) is 4.35. The molecule has 1 heterocycles. The molecule has 0 radical (unpaired) electrons. The van der Waals surface area contributed by atoms with E-state index in [9.17, 15) is 0 Å². The van der Waals surface area contributed by atoms with Crippen molar-refractivity contribution in [2.24, 2.45) is 0 Å². The van der Waals surface area contributed by atoms with Crippen molar-refractivity contribution >= 4 is 0 Å². The lowest BCUT2D eigenvalue weighted by Gasteiger charge is -2.15. The van der Waals surface area contributed by atoms with Crippen LogP contribution >= 0.6 is 0 Å².